The first-order valence-corrected chi connectivity index (χ1v) is 17.8. The van der Waals surface area contributed by atoms with Crippen LogP contribution in [-0.4, -0.2) is 68.8 Å². The maximum atomic E-state index is 13.8. The molecule has 11 nitrogen and oxygen atoms in total. The molecule has 2 aromatic heterocycles. The SMILES string of the molecule is CCCCOc1ccc(-n2c(=O)n(C)c3c(NC4CCC(C(=O)N5CC[C@H](C(=O)OC(C)(C)C)C5)CC4)cccc32)c(OCCCC)n1. The van der Waals surface area contributed by atoms with Gasteiger partial charge in [0.1, 0.15) is 11.3 Å². The van der Waals surface area contributed by atoms with E-state index in [-0.39, 0.29) is 35.4 Å². The summed E-state index contributed by atoms with van der Waals surface area (Å²) in [6.07, 6.45) is 7.68. The van der Waals surface area contributed by atoms with Gasteiger partial charge in [0.2, 0.25) is 17.7 Å². The molecular weight excluding hydrogens is 610 g/mol. The van der Waals surface area contributed by atoms with E-state index in [1.54, 1.807) is 22.2 Å². The molecule has 1 aliphatic carbocycles. The Hall–Kier alpha value is -4.02. The molecule has 5 rings (SSSR count). The molecule has 1 atom stereocenters. The summed E-state index contributed by atoms with van der Waals surface area (Å²) in [5.41, 5.74) is 2.29. The number of hydrogen-bond donors (Lipinski definition) is 1. The normalized spacial score (nSPS) is 19.8. The fourth-order valence-corrected chi connectivity index (χ4v) is 6.67. The number of ether oxygens (including phenoxy) is 3. The second-order valence-electron chi connectivity index (χ2n) is 14.2. The van der Waals surface area contributed by atoms with Crippen molar-refractivity contribution in [2.75, 3.05) is 31.6 Å². The monoisotopic (exact) mass is 663 g/mol. The molecule has 1 aromatic carbocycles. The summed E-state index contributed by atoms with van der Waals surface area (Å²) in [6, 6.07) is 9.72. The number of imidazole rings is 1. The quantitative estimate of drug-likeness (QED) is 0.169. The second kappa shape index (κ2) is 15.5. The number of para-hydroxylation sites is 1. The Balaban J connectivity index is 1.29. The summed E-state index contributed by atoms with van der Waals surface area (Å²) in [4.78, 5) is 46.3. The van der Waals surface area contributed by atoms with Gasteiger partial charge in [0.15, 0.2) is 0 Å². The minimum absolute atomic E-state index is 0.0470. The Kier molecular flexibility index (Phi) is 11.4. The molecule has 1 N–H and O–H groups in total. The van der Waals surface area contributed by atoms with Crippen molar-refractivity contribution in [3.63, 3.8) is 0 Å². The van der Waals surface area contributed by atoms with Crippen molar-refractivity contribution in [1.82, 2.24) is 19.0 Å². The number of carbonyl (C=O) groups excluding carboxylic acids is 2. The van der Waals surface area contributed by atoms with E-state index in [0.29, 0.717) is 50.2 Å². The average Bonchev–Trinajstić information content (AvgIpc) is 3.65. The van der Waals surface area contributed by atoms with Gasteiger partial charge >= 0.3 is 11.7 Å². The van der Waals surface area contributed by atoms with Gasteiger partial charge in [0.05, 0.1) is 35.9 Å². The fourth-order valence-electron chi connectivity index (χ4n) is 6.67. The van der Waals surface area contributed by atoms with Gasteiger partial charge in [-0.15, -0.1) is 0 Å². The highest BCUT2D eigenvalue weighted by molar-refractivity contribution is 5.90. The summed E-state index contributed by atoms with van der Waals surface area (Å²) in [5.74, 6) is 0.494. The summed E-state index contributed by atoms with van der Waals surface area (Å²) in [5, 5.41) is 3.70. The van der Waals surface area contributed by atoms with Crippen LogP contribution in [0.4, 0.5) is 5.69 Å². The molecule has 2 aliphatic rings. The molecule has 1 saturated carbocycles. The van der Waals surface area contributed by atoms with E-state index in [1.165, 1.54) is 0 Å². The number of aromatic nitrogens is 3. The Morgan fingerprint density at radius 1 is 0.938 bits per heavy atom. The number of esters is 1. The first-order chi connectivity index (χ1) is 23.0. The Morgan fingerprint density at radius 3 is 2.33 bits per heavy atom. The standard InChI is InChI=1S/C37H53N5O6/c1-7-9-22-46-31-19-18-30(33(39-31)47-23-10-8-2)42-29-13-11-12-28(32(29)40(6)36(42)45)38-27-16-14-25(15-17-27)34(43)41-21-20-26(24-41)35(44)48-37(3,4)5/h11-13,18-19,25-27,38H,7-10,14-17,20-24H2,1-6H3/t25?,26-,27?/m0/s1. The van der Waals surface area contributed by atoms with Crippen LogP contribution in [-0.2, 0) is 21.4 Å². The van der Waals surface area contributed by atoms with Crippen molar-refractivity contribution in [2.24, 2.45) is 18.9 Å². The molecule has 3 heterocycles. The fraction of sp³-hybridized carbons (Fsp3) is 0.622. The molecule has 0 spiro atoms. The van der Waals surface area contributed by atoms with Gasteiger partial charge in [-0.1, -0.05) is 32.8 Å². The zero-order valence-electron chi connectivity index (χ0n) is 29.5. The molecule has 11 heteroatoms. The molecular formula is C37H53N5O6. The van der Waals surface area contributed by atoms with Crippen molar-refractivity contribution >= 4 is 28.6 Å². The van der Waals surface area contributed by atoms with Gasteiger partial charge in [0.25, 0.3) is 0 Å². The number of nitrogens with zero attached hydrogens (tertiary/aromatic N) is 4. The zero-order valence-corrected chi connectivity index (χ0v) is 29.5. The van der Waals surface area contributed by atoms with E-state index in [1.807, 2.05) is 49.9 Å². The van der Waals surface area contributed by atoms with Crippen molar-refractivity contribution in [3.8, 4) is 17.4 Å². The predicted molar refractivity (Wildman–Crippen MR) is 187 cm³/mol. The van der Waals surface area contributed by atoms with E-state index in [2.05, 4.69) is 24.1 Å². The predicted octanol–water partition coefficient (Wildman–Crippen LogP) is 6.24. The molecule has 1 saturated heterocycles. The number of rotatable bonds is 13. The van der Waals surface area contributed by atoms with Gasteiger partial charge in [0, 0.05) is 38.2 Å². The van der Waals surface area contributed by atoms with Crippen LogP contribution in [0.15, 0.2) is 35.1 Å². The second-order valence-corrected chi connectivity index (χ2v) is 14.2. The van der Waals surface area contributed by atoms with Crippen molar-refractivity contribution < 1.29 is 23.8 Å². The van der Waals surface area contributed by atoms with Gasteiger partial charge in [-0.3, -0.25) is 18.7 Å². The number of pyridine rings is 1. The van der Waals surface area contributed by atoms with Gasteiger partial charge in [-0.05, 0) is 83.9 Å². The van der Waals surface area contributed by atoms with E-state index < -0.39 is 5.60 Å². The maximum Gasteiger partial charge on any atom is 0.333 e. The first-order valence-electron chi connectivity index (χ1n) is 17.8. The highest BCUT2D eigenvalue weighted by atomic mass is 16.6. The summed E-state index contributed by atoms with van der Waals surface area (Å²) < 4.78 is 20.9. The number of fused-ring (bicyclic) bond motifs is 1. The maximum absolute atomic E-state index is 13.8. The largest absolute Gasteiger partial charge is 0.478 e. The summed E-state index contributed by atoms with van der Waals surface area (Å²) in [7, 11) is 1.79. The molecule has 2 fully saturated rings. The first kappa shape index (κ1) is 35.3. The number of nitrogens with one attached hydrogen (secondary N) is 1. The van der Waals surface area contributed by atoms with Gasteiger partial charge in [-0.2, -0.15) is 4.98 Å². The molecule has 0 unspecified atom stereocenters. The van der Waals surface area contributed by atoms with Crippen LogP contribution in [0.25, 0.3) is 16.7 Å². The number of aryl methyl sites for hydroxylation is 1. The zero-order chi connectivity index (χ0) is 34.4. The number of benzene rings is 1. The number of likely N-dealkylation sites (tertiary alicyclic amines) is 1. The van der Waals surface area contributed by atoms with E-state index >= 15 is 0 Å². The number of anilines is 1. The highest BCUT2D eigenvalue weighted by Gasteiger charge is 2.37. The van der Waals surface area contributed by atoms with Crippen LogP contribution in [0.3, 0.4) is 0 Å². The number of hydrogen-bond acceptors (Lipinski definition) is 8. The molecule has 1 amide bonds. The molecule has 262 valence electrons. The van der Waals surface area contributed by atoms with Gasteiger partial charge < -0.3 is 24.4 Å². The smallest absolute Gasteiger partial charge is 0.333 e. The topological polar surface area (TPSA) is 117 Å². The van der Waals surface area contributed by atoms with Crippen LogP contribution in [0.5, 0.6) is 11.8 Å². The number of amides is 1. The van der Waals surface area contributed by atoms with Crippen molar-refractivity contribution in [2.45, 2.75) is 104 Å². The lowest BCUT2D eigenvalue weighted by Crippen LogP contribution is -2.39. The molecule has 3 aromatic rings. The van der Waals surface area contributed by atoms with Crippen LogP contribution < -0.4 is 20.5 Å². The molecule has 0 bridgehead atoms. The van der Waals surface area contributed by atoms with Crippen LogP contribution in [0.1, 0.15) is 92.4 Å². The highest BCUT2D eigenvalue weighted by Crippen LogP contribution is 2.34. The Morgan fingerprint density at radius 2 is 1.65 bits per heavy atom. The molecule has 1 aliphatic heterocycles. The van der Waals surface area contributed by atoms with Crippen LogP contribution >= 0.6 is 0 Å². The van der Waals surface area contributed by atoms with E-state index in [9.17, 15) is 14.4 Å². The Bertz CT molecular complexity index is 1630. The lowest BCUT2D eigenvalue weighted by Gasteiger charge is -2.31. The summed E-state index contributed by atoms with van der Waals surface area (Å²) >= 11 is 0. The minimum atomic E-state index is -0.531. The molecule has 0 radical (unpaired) electrons. The van der Waals surface area contributed by atoms with E-state index in [4.69, 9.17) is 14.2 Å². The average molecular weight is 664 g/mol. The van der Waals surface area contributed by atoms with Crippen molar-refractivity contribution in [3.05, 3.63) is 40.8 Å². The lowest BCUT2D eigenvalue weighted by atomic mass is 9.85. The summed E-state index contributed by atoms with van der Waals surface area (Å²) in [6.45, 7) is 11.9. The number of carbonyl (C=O) groups is 2. The lowest BCUT2D eigenvalue weighted by molar-refractivity contribution is -0.159. The van der Waals surface area contributed by atoms with Gasteiger partial charge in [-0.25, -0.2) is 4.79 Å². The Labute approximate surface area is 283 Å². The van der Waals surface area contributed by atoms with Crippen molar-refractivity contribution in [1.29, 1.82) is 0 Å². The molecule has 48 heavy (non-hydrogen) atoms. The van der Waals surface area contributed by atoms with Crippen LogP contribution in [0, 0.1) is 11.8 Å². The third-order valence-corrected chi connectivity index (χ3v) is 9.29. The van der Waals surface area contributed by atoms with Crippen LogP contribution in [0.2, 0.25) is 0 Å². The third kappa shape index (κ3) is 8.15. The third-order valence-electron chi connectivity index (χ3n) is 9.29. The van der Waals surface area contributed by atoms with E-state index in [0.717, 1.165) is 68.1 Å². The number of unbranched alkanes of at least 4 members (excludes halogenated alkanes) is 2. The minimum Gasteiger partial charge on any atom is -0.478 e.